The molecule has 0 N–H and O–H groups in total. The van der Waals surface area contributed by atoms with Crippen LogP contribution in [0, 0.1) is 22.5 Å². The molecule has 0 saturated carbocycles. The first kappa shape index (κ1) is 33.2. The van der Waals surface area contributed by atoms with Crippen LogP contribution < -0.4 is 17.9 Å². The number of aryl methyl sites for hydroxylation is 1. The number of oxime groups is 3. The molecule has 0 unspecified atom stereocenters. The van der Waals surface area contributed by atoms with Gasteiger partial charge in [0, 0.05) is 0 Å². The Hall–Kier alpha value is -2.96. The van der Waals surface area contributed by atoms with Gasteiger partial charge in [-0.15, -0.1) is 15.5 Å². The van der Waals surface area contributed by atoms with E-state index in [1.165, 1.54) is 41.5 Å². The Morgan fingerprint density at radius 2 is 0.912 bits per heavy atom. The molecule has 15 heteroatoms. The van der Waals surface area contributed by atoms with Crippen molar-refractivity contribution in [1.82, 2.24) is 0 Å². The van der Waals surface area contributed by atoms with Gasteiger partial charge in [-0.05, 0) is 48.5 Å². The Kier molecular flexibility index (Phi) is 15.4. The van der Waals surface area contributed by atoms with E-state index in [0.29, 0.717) is 5.46 Å². The first-order valence-corrected chi connectivity index (χ1v) is 9.50. The van der Waals surface area contributed by atoms with Gasteiger partial charge in [0.1, 0.15) is 0 Å². The Bertz CT molecular complexity index is 894. The summed E-state index contributed by atoms with van der Waals surface area (Å²) in [6.07, 6.45) is 0. The predicted octanol–water partition coefficient (Wildman–Crippen LogP) is 0.196. The molecule has 0 radical (unpaired) electrons. The summed E-state index contributed by atoms with van der Waals surface area (Å²) >= 11 is 0. The first-order chi connectivity index (χ1) is 15.1. The van der Waals surface area contributed by atoms with E-state index in [4.69, 9.17) is 14.3 Å². The minimum atomic E-state index is -3.05. The van der Waals surface area contributed by atoms with Gasteiger partial charge in [0.25, 0.3) is 0 Å². The zero-order valence-corrected chi connectivity index (χ0v) is 22.4. The summed E-state index contributed by atoms with van der Waals surface area (Å²) in [5.41, 5.74) is 1.95. The molecule has 0 aliphatic rings. The summed E-state index contributed by atoms with van der Waals surface area (Å²) < 4.78 is 16.8. The molecule has 0 heterocycles. The molecule has 0 spiro atoms. The van der Waals surface area contributed by atoms with Gasteiger partial charge in [0.05, 0.1) is 34.3 Å². The fourth-order valence-corrected chi connectivity index (χ4v) is 1.88. The smallest absolute Gasteiger partial charge is 1.00 e. The maximum absolute atomic E-state index is 10.8. The minimum Gasteiger partial charge on any atom is -1.00 e. The van der Waals surface area contributed by atoms with E-state index in [2.05, 4.69) is 30.9 Å². The van der Waals surface area contributed by atoms with Crippen molar-refractivity contribution in [3.63, 3.8) is 0 Å². The van der Waals surface area contributed by atoms with Gasteiger partial charge >= 0.3 is 26.9 Å². The van der Waals surface area contributed by atoms with Gasteiger partial charge in [-0.25, -0.2) is 0 Å². The van der Waals surface area contributed by atoms with Crippen LogP contribution in [0.25, 0.3) is 0 Å². The molecule has 1 aromatic rings. The first-order valence-electron chi connectivity index (χ1n) is 9.50. The van der Waals surface area contributed by atoms with E-state index in [0.717, 1.165) is 5.56 Å². The van der Waals surface area contributed by atoms with Gasteiger partial charge in [0.15, 0.2) is 0 Å². The van der Waals surface area contributed by atoms with Crippen LogP contribution in [0.4, 0.5) is 0 Å². The number of halogens is 1. The zero-order chi connectivity index (χ0) is 24.3. The second-order valence-electron chi connectivity index (χ2n) is 6.93. The van der Waals surface area contributed by atoms with Gasteiger partial charge in [-0.2, -0.15) is 0 Å². The normalized spacial score (nSPS) is 14.1. The molecule has 184 valence electrons. The fourth-order valence-electron chi connectivity index (χ4n) is 1.88. The molecule has 0 aliphatic carbocycles. The molecule has 1 rings (SSSR count). The molecule has 0 bridgehead atoms. The number of hydrogen-bond acceptors (Lipinski definition) is 12. The van der Waals surface area contributed by atoms with Crippen LogP contribution in [0.5, 0.6) is 0 Å². The second-order valence-corrected chi connectivity index (χ2v) is 6.93. The second kappa shape index (κ2) is 15.8. The minimum absolute atomic E-state index is 0. The fraction of sp³-hybridized carbons (Fsp3) is 0.368. The van der Waals surface area contributed by atoms with Crippen LogP contribution in [-0.4, -0.2) is 41.0 Å². The quantitative estimate of drug-likeness (QED) is 0.218. The van der Waals surface area contributed by atoms with E-state index < -0.39 is 6.75 Å². The summed E-state index contributed by atoms with van der Waals surface area (Å²) in [4.78, 5) is 0. The van der Waals surface area contributed by atoms with Gasteiger partial charge in [0.2, 0.25) is 0 Å². The standard InChI is InChI=1S/C19H28BN6O6.ClH.Tc/c1-12-8-10-19(11-9-12)20(30-24-16(5)13(2)21-27,31-25-17(6)14(3)22-28)32-26-18(7)15(4)23-29;;/h8-11,27-29H,1-7H3;1H;/q-1;;+5/p-4/b21-13-,22-14-,23-15-,24-16-,25-17-,26-18-;;/i;;1+1. The molecular formula is C19H25BClN6O6Tc. The van der Waals surface area contributed by atoms with Crippen LogP contribution in [0.2, 0.25) is 0 Å². The molecule has 1 aromatic carbocycles. The number of hydrogen-bond donors (Lipinski definition) is 0. The third-order valence-corrected chi connectivity index (χ3v) is 4.45. The largest absolute Gasteiger partial charge is 5.00 e. The Balaban J connectivity index is 0. The average Bonchev–Trinajstić information content (AvgIpc) is 2.81. The Morgan fingerprint density at radius 1 is 0.618 bits per heavy atom. The number of nitrogens with zero attached hydrogens (tertiary/aromatic N) is 6. The maximum atomic E-state index is 10.8. The molecule has 0 saturated heterocycles. The van der Waals surface area contributed by atoms with E-state index in [1.54, 1.807) is 24.3 Å². The van der Waals surface area contributed by atoms with Gasteiger partial charge < -0.3 is 57.8 Å². The van der Waals surface area contributed by atoms with Crippen molar-refractivity contribution < 1.29 is 46.8 Å². The molecule has 34 heavy (non-hydrogen) atoms. The monoisotopic (exact) mass is 578 g/mol. The van der Waals surface area contributed by atoms with Crippen LogP contribution in [0.3, 0.4) is 0 Å². The summed E-state index contributed by atoms with van der Waals surface area (Å²) in [6, 6.07) is 6.83. The molecule has 0 amide bonds. The summed E-state index contributed by atoms with van der Waals surface area (Å²) in [5, 5.41) is 52.6. The van der Waals surface area contributed by atoms with Crippen molar-refractivity contribution in [2.75, 3.05) is 0 Å². The van der Waals surface area contributed by atoms with Crippen molar-refractivity contribution in [3.8, 4) is 0 Å². The third kappa shape index (κ3) is 9.50. The average molecular weight is 579 g/mol. The summed E-state index contributed by atoms with van der Waals surface area (Å²) in [7, 11) is 0. The SMILES string of the molecule is CC(=N/[O-])/C(C)=N\O[B-](O/N=C(C)\C(C)=N/[O-])(O/N=C(C)\C(C)=N/[O-])c1ccc(C)cc1.[99Tc+5].[Cl-]. The van der Waals surface area contributed by atoms with E-state index in [1.807, 2.05) is 6.92 Å². The van der Waals surface area contributed by atoms with Crippen molar-refractivity contribution in [2.45, 2.75) is 48.5 Å². The molecular weight excluding hydrogens is 553 g/mol. The summed E-state index contributed by atoms with van der Waals surface area (Å²) in [5.74, 6) is 0. The topological polar surface area (TPSA) is 171 Å². The predicted molar refractivity (Wildman–Crippen MR) is 129 cm³/mol. The van der Waals surface area contributed by atoms with Crippen molar-refractivity contribution >= 4 is 46.5 Å². The Morgan fingerprint density at radius 3 is 1.18 bits per heavy atom. The maximum Gasteiger partial charge on any atom is 5.00 e. The van der Waals surface area contributed by atoms with Crippen molar-refractivity contribution in [1.29, 1.82) is 0 Å². The van der Waals surface area contributed by atoms with Crippen LogP contribution in [0.15, 0.2) is 55.2 Å². The molecule has 0 atom stereocenters. The van der Waals surface area contributed by atoms with E-state index in [-0.39, 0.29) is 66.8 Å². The third-order valence-electron chi connectivity index (χ3n) is 4.45. The van der Waals surface area contributed by atoms with E-state index in [9.17, 15) is 15.6 Å². The molecule has 0 aliphatic heterocycles. The van der Waals surface area contributed by atoms with Crippen molar-refractivity contribution in [2.24, 2.45) is 30.9 Å². The van der Waals surface area contributed by atoms with Crippen LogP contribution in [0.1, 0.15) is 47.1 Å². The number of rotatable bonds is 10. The van der Waals surface area contributed by atoms with Gasteiger partial charge in [-0.1, -0.05) is 35.3 Å². The molecule has 0 fully saturated rings. The zero-order valence-electron chi connectivity index (χ0n) is 19.8. The van der Waals surface area contributed by atoms with Gasteiger partial charge in [-0.3, -0.25) is 0 Å². The molecule has 12 nitrogen and oxygen atoms in total. The number of benzene rings is 1. The molecule has 0 aromatic heterocycles. The van der Waals surface area contributed by atoms with Crippen LogP contribution >= 0.6 is 0 Å². The summed E-state index contributed by atoms with van der Waals surface area (Å²) in [6.45, 7) is 7.67. The van der Waals surface area contributed by atoms with Crippen molar-refractivity contribution in [3.05, 3.63) is 45.5 Å². The van der Waals surface area contributed by atoms with E-state index >= 15 is 0 Å². The Labute approximate surface area is 217 Å². The van der Waals surface area contributed by atoms with Crippen LogP contribution in [-0.2, 0) is 34.4 Å².